The van der Waals surface area contributed by atoms with Gasteiger partial charge in [0.25, 0.3) is 0 Å². The first kappa shape index (κ1) is 10.3. The lowest BCUT2D eigenvalue weighted by atomic mass is 10.3. The number of hydrogen-bond donors (Lipinski definition) is 0. The van der Waals surface area contributed by atoms with Crippen molar-refractivity contribution in [2.75, 3.05) is 6.54 Å². The van der Waals surface area contributed by atoms with Crippen LogP contribution in [0.25, 0.3) is 0 Å². The molecule has 0 bridgehead atoms. The lowest BCUT2D eigenvalue weighted by Gasteiger charge is -2.19. The molecule has 0 aromatic carbocycles. The summed E-state index contributed by atoms with van der Waals surface area (Å²) in [5.41, 5.74) is 0. The number of amides is 1. The number of carbonyl (C=O) groups is 1. The molecule has 0 spiro atoms. The van der Waals surface area contributed by atoms with Gasteiger partial charge in [-0.25, -0.2) is 0 Å². The van der Waals surface area contributed by atoms with Crippen LogP contribution < -0.4 is 0 Å². The number of allylic oxidation sites excluding steroid dienone is 1. The minimum atomic E-state index is 0.200. The fourth-order valence-electron chi connectivity index (χ4n) is 1.41. The van der Waals surface area contributed by atoms with E-state index in [1.807, 2.05) is 17.9 Å². The first-order valence-electron chi connectivity index (χ1n) is 5.26. The highest BCUT2D eigenvalue weighted by atomic mass is 16.2. The molecule has 1 aliphatic carbocycles. The van der Waals surface area contributed by atoms with Gasteiger partial charge in [0.2, 0.25) is 5.91 Å². The molecule has 0 heterocycles. The molecule has 0 aromatic rings. The average molecular weight is 181 g/mol. The molecule has 1 amide bonds. The van der Waals surface area contributed by atoms with Crippen LogP contribution in [0, 0.1) is 0 Å². The van der Waals surface area contributed by atoms with Crippen LogP contribution in [0.1, 0.15) is 39.5 Å². The van der Waals surface area contributed by atoms with E-state index in [0.29, 0.717) is 6.04 Å². The molecule has 74 valence electrons. The number of hydrogen-bond acceptors (Lipinski definition) is 1. The van der Waals surface area contributed by atoms with Crippen molar-refractivity contribution in [1.82, 2.24) is 4.90 Å². The van der Waals surface area contributed by atoms with Crippen molar-refractivity contribution in [2.45, 2.75) is 45.6 Å². The second-order valence-corrected chi connectivity index (χ2v) is 3.57. The highest BCUT2D eigenvalue weighted by molar-refractivity contribution is 5.88. The van der Waals surface area contributed by atoms with Crippen LogP contribution in [0.2, 0.25) is 0 Å². The summed E-state index contributed by atoms with van der Waals surface area (Å²) in [6.45, 7) is 5.08. The lowest BCUT2D eigenvalue weighted by molar-refractivity contribution is -0.126. The maximum atomic E-state index is 11.6. The topological polar surface area (TPSA) is 20.3 Å². The minimum Gasteiger partial charge on any atom is -0.336 e. The van der Waals surface area contributed by atoms with Crippen LogP contribution >= 0.6 is 0 Å². The third-order valence-electron chi connectivity index (χ3n) is 2.23. The molecule has 0 radical (unpaired) electrons. The molecule has 0 aliphatic heterocycles. The standard InChI is InChI=1S/C11H19NO/c1-3-5-6-11(13)12(9-4-2)10-7-8-10/h5-6,10H,3-4,7-9H2,1-2H3/b6-5+. The first-order chi connectivity index (χ1) is 6.29. The monoisotopic (exact) mass is 181 g/mol. The summed E-state index contributed by atoms with van der Waals surface area (Å²) < 4.78 is 0. The summed E-state index contributed by atoms with van der Waals surface area (Å²) in [6, 6.07) is 0.550. The maximum Gasteiger partial charge on any atom is 0.246 e. The Morgan fingerprint density at radius 1 is 1.46 bits per heavy atom. The predicted molar refractivity (Wildman–Crippen MR) is 54.5 cm³/mol. The van der Waals surface area contributed by atoms with Crippen molar-refractivity contribution in [3.63, 3.8) is 0 Å². The maximum absolute atomic E-state index is 11.6. The molecule has 0 N–H and O–H groups in total. The molecule has 2 nitrogen and oxygen atoms in total. The average Bonchev–Trinajstić information content (AvgIpc) is 2.93. The summed E-state index contributed by atoms with van der Waals surface area (Å²) in [4.78, 5) is 13.6. The fraction of sp³-hybridized carbons (Fsp3) is 0.727. The Kier molecular flexibility index (Phi) is 4.00. The molecule has 1 saturated carbocycles. The molecule has 1 rings (SSSR count). The fourth-order valence-corrected chi connectivity index (χ4v) is 1.41. The van der Waals surface area contributed by atoms with Gasteiger partial charge in [0.1, 0.15) is 0 Å². The van der Waals surface area contributed by atoms with E-state index in [4.69, 9.17) is 0 Å². The molecule has 1 fully saturated rings. The molecule has 0 atom stereocenters. The molecule has 13 heavy (non-hydrogen) atoms. The first-order valence-corrected chi connectivity index (χ1v) is 5.26. The van der Waals surface area contributed by atoms with Crippen LogP contribution in [-0.2, 0) is 4.79 Å². The van der Waals surface area contributed by atoms with Crippen LogP contribution in [-0.4, -0.2) is 23.4 Å². The zero-order chi connectivity index (χ0) is 9.68. The van der Waals surface area contributed by atoms with Crippen molar-refractivity contribution < 1.29 is 4.79 Å². The van der Waals surface area contributed by atoms with Crippen LogP contribution in [0.4, 0.5) is 0 Å². The van der Waals surface area contributed by atoms with Gasteiger partial charge in [0, 0.05) is 12.6 Å². The van der Waals surface area contributed by atoms with Crippen molar-refractivity contribution in [2.24, 2.45) is 0 Å². The smallest absolute Gasteiger partial charge is 0.246 e. The summed E-state index contributed by atoms with van der Waals surface area (Å²) >= 11 is 0. The van der Waals surface area contributed by atoms with E-state index in [2.05, 4.69) is 6.92 Å². The Labute approximate surface area is 80.6 Å². The van der Waals surface area contributed by atoms with Gasteiger partial charge in [-0.05, 0) is 31.8 Å². The summed E-state index contributed by atoms with van der Waals surface area (Å²) in [5.74, 6) is 0.200. The van der Waals surface area contributed by atoms with E-state index < -0.39 is 0 Å². The normalized spacial score (nSPS) is 16.5. The van der Waals surface area contributed by atoms with Gasteiger partial charge in [0.15, 0.2) is 0 Å². The Bertz CT molecular complexity index is 194. The summed E-state index contributed by atoms with van der Waals surface area (Å²) in [7, 11) is 0. The van der Waals surface area contributed by atoms with Crippen LogP contribution in [0.3, 0.4) is 0 Å². The molecule has 0 unspecified atom stereocenters. The number of carbonyl (C=O) groups excluding carboxylic acids is 1. The van der Waals surface area contributed by atoms with E-state index in [0.717, 1.165) is 19.4 Å². The minimum absolute atomic E-state index is 0.200. The van der Waals surface area contributed by atoms with Gasteiger partial charge in [-0.1, -0.05) is 19.9 Å². The quantitative estimate of drug-likeness (QED) is 0.596. The zero-order valence-electron chi connectivity index (χ0n) is 8.62. The Morgan fingerprint density at radius 2 is 2.15 bits per heavy atom. The van der Waals surface area contributed by atoms with Crippen molar-refractivity contribution in [1.29, 1.82) is 0 Å². The van der Waals surface area contributed by atoms with Gasteiger partial charge in [0.05, 0.1) is 0 Å². The van der Waals surface area contributed by atoms with E-state index in [-0.39, 0.29) is 5.91 Å². The van der Waals surface area contributed by atoms with E-state index in [9.17, 15) is 4.79 Å². The second kappa shape index (κ2) is 5.05. The highest BCUT2D eigenvalue weighted by Gasteiger charge is 2.30. The van der Waals surface area contributed by atoms with Crippen LogP contribution in [0.15, 0.2) is 12.2 Å². The second-order valence-electron chi connectivity index (χ2n) is 3.57. The Morgan fingerprint density at radius 3 is 2.62 bits per heavy atom. The Hall–Kier alpha value is -0.790. The molecule has 2 heteroatoms. The summed E-state index contributed by atoms with van der Waals surface area (Å²) in [6.07, 6.45) is 8.05. The SMILES string of the molecule is CC/C=C/C(=O)N(CCC)C1CC1. The Balaban J connectivity index is 2.43. The third kappa shape index (κ3) is 3.21. The molecule has 0 aromatic heterocycles. The van der Waals surface area contributed by atoms with Crippen LogP contribution in [0.5, 0.6) is 0 Å². The van der Waals surface area contributed by atoms with Gasteiger partial charge in [-0.15, -0.1) is 0 Å². The van der Waals surface area contributed by atoms with Gasteiger partial charge >= 0.3 is 0 Å². The van der Waals surface area contributed by atoms with E-state index in [1.165, 1.54) is 12.8 Å². The molecular weight excluding hydrogens is 162 g/mol. The lowest BCUT2D eigenvalue weighted by Crippen LogP contribution is -2.32. The van der Waals surface area contributed by atoms with Crippen molar-refractivity contribution in [3.8, 4) is 0 Å². The zero-order valence-corrected chi connectivity index (χ0v) is 8.62. The molecule has 1 aliphatic rings. The molecule has 0 saturated heterocycles. The predicted octanol–water partition coefficient (Wildman–Crippen LogP) is 2.35. The van der Waals surface area contributed by atoms with E-state index in [1.54, 1.807) is 6.08 Å². The van der Waals surface area contributed by atoms with Crippen molar-refractivity contribution >= 4 is 5.91 Å². The van der Waals surface area contributed by atoms with Gasteiger partial charge < -0.3 is 4.90 Å². The van der Waals surface area contributed by atoms with E-state index >= 15 is 0 Å². The van der Waals surface area contributed by atoms with Crippen molar-refractivity contribution in [3.05, 3.63) is 12.2 Å². The third-order valence-corrected chi connectivity index (χ3v) is 2.23. The number of nitrogens with zero attached hydrogens (tertiary/aromatic N) is 1. The molecular formula is C11H19NO. The number of rotatable bonds is 5. The summed E-state index contributed by atoms with van der Waals surface area (Å²) in [5, 5.41) is 0. The van der Waals surface area contributed by atoms with Gasteiger partial charge in [-0.2, -0.15) is 0 Å². The van der Waals surface area contributed by atoms with Gasteiger partial charge in [-0.3, -0.25) is 4.79 Å². The highest BCUT2D eigenvalue weighted by Crippen LogP contribution is 2.27. The largest absolute Gasteiger partial charge is 0.336 e.